The molecular weight excluding hydrogens is 486 g/mol. The molecule has 7 heteroatoms. The van der Waals surface area contributed by atoms with Crippen LogP contribution in [0.5, 0.6) is 11.5 Å². The maximum atomic E-state index is 13.7. The van der Waals surface area contributed by atoms with Crippen LogP contribution in [0.4, 0.5) is 0 Å². The molecule has 0 saturated heterocycles. The van der Waals surface area contributed by atoms with Crippen LogP contribution in [0.3, 0.4) is 0 Å². The van der Waals surface area contributed by atoms with Gasteiger partial charge in [0.05, 0.1) is 12.6 Å². The molecule has 1 aliphatic rings. The number of aromatic amines is 1. The van der Waals surface area contributed by atoms with Crippen molar-refractivity contribution in [3.05, 3.63) is 99.7 Å². The van der Waals surface area contributed by atoms with E-state index in [-0.39, 0.29) is 11.7 Å². The number of aromatic nitrogens is 2. The lowest BCUT2D eigenvalue weighted by Gasteiger charge is -2.27. The number of fused-ring (bicyclic) bond motifs is 1. The number of ether oxygens (including phenoxy) is 1. The van der Waals surface area contributed by atoms with Crippen molar-refractivity contribution in [2.24, 2.45) is 0 Å². The Morgan fingerprint density at radius 3 is 2.54 bits per heavy atom. The molecule has 0 spiro atoms. The number of unbranched alkanes of at least 4 members (excludes halogenated alkanes) is 2. The fourth-order valence-electron chi connectivity index (χ4n) is 4.79. The van der Waals surface area contributed by atoms with E-state index in [0.29, 0.717) is 35.1 Å². The number of carbonyl (C=O) groups excluding carboxylic acids is 1. The lowest BCUT2D eigenvalue weighted by Crippen LogP contribution is -2.29. The predicted molar refractivity (Wildman–Crippen MR) is 145 cm³/mol. The highest BCUT2D eigenvalue weighted by molar-refractivity contribution is 6.31. The fraction of sp³-hybridized carbons (Fsp3) is 0.267. The molecule has 6 nitrogen and oxygen atoms in total. The van der Waals surface area contributed by atoms with Gasteiger partial charge in [0.1, 0.15) is 22.9 Å². The smallest absolute Gasteiger partial charge is 0.273 e. The second-order valence-electron chi connectivity index (χ2n) is 9.47. The number of aryl methyl sites for hydroxylation is 1. The van der Waals surface area contributed by atoms with Crippen molar-refractivity contribution in [1.29, 1.82) is 0 Å². The third-order valence-electron chi connectivity index (χ3n) is 6.76. The molecule has 0 saturated carbocycles. The van der Waals surface area contributed by atoms with E-state index in [1.54, 1.807) is 18.2 Å². The van der Waals surface area contributed by atoms with Crippen LogP contribution in [-0.4, -0.2) is 32.7 Å². The van der Waals surface area contributed by atoms with Gasteiger partial charge in [0, 0.05) is 22.7 Å². The minimum Gasteiger partial charge on any atom is -0.507 e. The Hall–Kier alpha value is -3.77. The molecule has 1 aliphatic heterocycles. The van der Waals surface area contributed by atoms with Crippen LogP contribution >= 0.6 is 11.6 Å². The van der Waals surface area contributed by atoms with E-state index in [9.17, 15) is 9.90 Å². The van der Waals surface area contributed by atoms with E-state index >= 15 is 0 Å². The quantitative estimate of drug-likeness (QED) is 0.234. The summed E-state index contributed by atoms with van der Waals surface area (Å²) < 4.78 is 5.91. The molecule has 1 aromatic heterocycles. The lowest BCUT2D eigenvalue weighted by atomic mass is 9.95. The van der Waals surface area contributed by atoms with Gasteiger partial charge in [-0.1, -0.05) is 73.3 Å². The summed E-state index contributed by atoms with van der Waals surface area (Å²) in [5, 5.41) is 18.5. The van der Waals surface area contributed by atoms with Crippen molar-refractivity contribution in [2.45, 2.75) is 45.7 Å². The molecule has 1 amide bonds. The Kier molecular flexibility index (Phi) is 7.19. The molecule has 0 radical (unpaired) electrons. The summed E-state index contributed by atoms with van der Waals surface area (Å²) >= 11 is 6.25. The van der Waals surface area contributed by atoms with Gasteiger partial charge in [-0.15, -0.1) is 0 Å². The second kappa shape index (κ2) is 10.7. The van der Waals surface area contributed by atoms with Gasteiger partial charge in [0.25, 0.3) is 5.91 Å². The van der Waals surface area contributed by atoms with Crippen LogP contribution in [0.25, 0.3) is 11.3 Å². The Morgan fingerprint density at radius 2 is 1.81 bits per heavy atom. The number of nitrogens with one attached hydrogen (secondary N) is 1. The summed E-state index contributed by atoms with van der Waals surface area (Å²) in [5.74, 6) is 0.716. The van der Waals surface area contributed by atoms with Crippen molar-refractivity contribution >= 4 is 17.5 Å². The summed E-state index contributed by atoms with van der Waals surface area (Å²) in [6.07, 6.45) is 3.30. The van der Waals surface area contributed by atoms with E-state index < -0.39 is 6.04 Å². The molecule has 0 aliphatic carbocycles. The number of phenols is 1. The SMILES string of the molecule is CCCCCOc1ccc(C2c3c(-c4cc(Cl)ccc4O)n[nH]c3C(=O)N2Cc2ccc(C)cc2)cc1. The summed E-state index contributed by atoms with van der Waals surface area (Å²) in [6.45, 7) is 5.32. The van der Waals surface area contributed by atoms with E-state index in [1.165, 1.54) is 0 Å². The third-order valence-corrected chi connectivity index (χ3v) is 7.00. The Labute approximate surface area is 221 Å². The summed E-state index contributed by atoms with van der Waals surface area (Å²) in [4.78, 5) is 15.5. The first-order valence-corrected chi connectivity index (χ1v) is 13.0. The number of H-pyrrole nitrogens is 1. The molecule has 4 aromatic rings. The first-order chi connectivity index (χ1) is 18.0. The number of halogens is 1. The van der Waals surface area contributed by atoms with Gasteiger partial charge in [-0.2, -0.15) is 5.10 Å². The van der Waals surface area contributed by atoms with Crippen LogP contribution in [0.15, 0.2) is 66.7 Å². The summed E-state index contributed by atoms with van der Waals surface area (Å²) in [5.41, 5.74) is 5.28. The van der Waals surface area contributed by atoms with E-state index in [0.717, 1.165) is 47.3 Å². The van der Waals surface area contributed by atoms with Gasteiger partial charge >= 0.3 is 0 Å². The molecular formula is C30H30ClN3O3. The topological polar surface area (TPSA) is 78.5 Å². The van der Waals surface area contributed by atoms with Crippen molar-refractivity contribution in [3.8, 4) is 22.8 Å². The van der Waals surface area contributed by atoms with Gasteiger partial charge in [-0.3, -0.25) is 9.89 Å². The number of amides is 1. The normalized spacial score (nSPS) is 14.7. The predicted octanol–water partition coefficient (Wildman–Crippen LogP) is 7.06. The molecule has 1 atom stereocenters. The van der Waals surface area contributed by atoms with Gasteiger partial charge in [0.2, 0.25) is 0 Å². The van der Waals surface area contributed by atoms with Gasteiger partial charge in [-0.05, 0) is 54.8 Å². The molecule has 2 heterocycles. The van der Waals surface area contributed by atoms with Gasteiger partial charge in [0.15, 0.2) is 0 Å². The largest absolute Gasteiger partial charge is 0.507 e. The molecule has 37 heavy (non-hydrogen) atoms. The maximum absolute atomic E-state index is 13.7. The van der Waals surface area contributed by atoms with E-state index in [1.807, 2.05) is 60.4 Å². The number of benzene rings is 3. The number of aromatic hydroxyl groups is 1. The van der Waals surface area contributed by atoms with Crippen LogP contribution in [0, 0.1) is 6.92 Å². The Morgan fingerprint density at radius 1 is 1.05 bits per heavy atom. The number of nitrogens with zero attached hydrogens (tertiary/aromatic N) is 2. The first-order valence-electron chi connectivity index (χ1n) is 12.6. The first kappa shape index (κ1) is 24.9. The maximum Gasteiger partial charge on any atom is 0.273 e. The number of phenolic OH excluding ortho intramolecular Hbond substituents is 1. The van der Waals surface area contributed by atoms with Gasteiger partial charge in [-0.25, -0.2) is 0 Å². The highest BCUT2D eigenvalue weighted by Gasteiger charge is 2.42. The van der Waals surface area contributed by atoms with Crippen molar-refractivity contribution < 1.29 is 14.6 Å². The minimum absolute atomic E-state index is 0.0534. The molecule has 1 unspecified atom stereocenters. The molecule has 2 N–H and O–H groups in total. The van der Waals surface area contributed by atoms with Crippen molar-refractivity contribution in [1.82, 2.24) is 15.1 Å². The average molecular weight is 516 g/mol. The van der Waals surface area contributed by atoms with Crippen LogP contribution in [0.2, 0.25) is 5.02 Å². The highest BCUT2D eigenvalue weighted by atomic mass is 35.5. The van der Waals surface area contributed by atoms with Gasteiger partial charge < -0.3 is 14.7 Å². The average Bonchev–Trinajstić information content (AvgIpc) is 3.44. The Balaban J connectivity index is 1.54. The summed E-state index contributed by atoms with van der Waals surface area (Å²) in [6, 6.07) is 20.5. The second-order valence-corrected chi connectivity index (χ2v) is 9.90. The molecule has 0 bridgehead atoms. The van der Waals surface area contributed by atoms with Crippen LogP contribution < -0.4 is 4.74 Å². The van der Waals surface area contributed by atoms with Crippen LogP contribution in [0.1, 0.15) is 65.0 Å². The third kappa shape index (κ3) is 5.07. The van der Waals surface area contributed by atoms with E-state index in [2.05, 4.69) is 17.1 Å². The molecule has 3 aromatic carbocycles. The number of hydrogen-bond donors (Lipinski definition) is 2. The monoisotopic (exact) mass is 515 g/mol. The minimum atomic E-state index is -0.398. The standard InChI is InChI=1S/C30H30ClN3O3/c1-3-4-5-16-37-23-13-10-21(11-14-23)29-26-27(24-17-22(31)12-15-25(24)35)32-33-28(26)30(36)34(29)18-20-8-6-19(2)7-9-20/h6-15,17,29,35H,3-5,16,18H2,1-2H3,(H,32,33). The molecule has 5 rings (SSSR count). The van der Waals surface area contributed by atoms with Crippen molar-refractivity contribution in [3.63, 3.8) is 0 Å². The Bertz CT molecular complexity index is 1400. The summed E-state index contributed by atoms with van der Waals surface area (Å²) in [7, 11) is 0. The fourth-order valence-corrected chi connectivity index (χ4v) is 4.96. The van der Waals surface area contributed by atoms with E-state index in [4.69, 9.17) is 16.3 Å². The number of rotatable bonds is 9. The van der Waals surface area contributed by atoms with Crippen LogP contribution in [-0.2, 0) is 6.54 Å². The molecule has 190 valence electrons. The number of hydrogen-bond acceptors (Lipinski definition) is 4. The number of carbonyl (C=O) groups is 1. The zero-order valence-corrected chi connectivity index (χ0v) is 21.8. The van der Waals surface area contributed by atoms with Crippen molar-refractivity contribution in [2.75, 3.05) is 6.61 Å². The highest BCUT2D eigenvalue weighted by Crippen LogP contribution is 2.45. The molecule has 0 fully saturated rings. The zero-order valence-electron chi connectivity index (χ0n) is 21.0. The lowest BCUT2D eigenvalue weighted by molar-refractivity contribution is 0.0730. The zero-order chi connectivity index (χ0) is 25.9.